The number of halogens is 1. The van der Waals surface area contributed by atoms with Crippen LogP contribution >= 0.6 is 11.3 Å². The molecule has 0 spiro atoms. The number of nitrogens with zero attached hydrogens (tertiary/aromatic N) is 1. The van der Waals surface area contributed by atoms with Gasteiger partial charge in [-0.3, -0.25) is 4.98 Å². The fraction of sp³-hybridized carbons (Fsp3) is 0.133. The van der Waals surface area contributed by atoms with Crippen LogP contribution in [-0.2, 0) is 0 Å². The highest BCUT2D eigenvalue weighted by atomic mass is 32.1. The Balaban J connectivity index is 2.04. The molecule has 1 N–H and O–H groups in total. The molecule has 4 heteroatoms. The van der Waals surface area contributed by atoms with Gasteiger partial charge in [-0.25, -0.2) is 4.39 Å². The maximum absolute atomic E-state index is 13.4. The maximum Gasteiger partial charge on any atom is 0.123 e. The minimum absolute atomic E-state index is 0.334. The molecule has 2 heterocycles. The Bertz CT molecular complexity index is 718. The Morgan fingerprint density at radius 1 is 1.21 bits per heavy atom. The van der Waals surface area contributed by atoms with E-state index in [9.17, 15) is 9.50 Å². The molecule has 0 bridgehead atoms. The van der Waals surface area contributed by atoms with Crippen LogP contribution in [0.2, 0.25) is 0 Å². The lowest BCUT2D eigenvalue weighted by atomic mass is 10.0. The van der Waals surface area contributed by atoms with Crippen LogP contribution in [0.25, 0.3) is 10.2 Å². The fourth-order valence-corrected chi connectivity index (χ4v) is 2.92. The quantitative estimate of drug-likeness (QED) is 0.770. The Labute approximate surface area is 114 Å². The summed E-state index contributed by atoms with van der Waals surface area (Å²) in [5.74, 6) is -0.334. The van der Waals surface area contributed by atoms with Crippen LogP contribution < -0.4 is 0 Å². The molecule has 0 aliphatic carbocycles. The Kier molecular flexibility index (Phi) is 3.05. The second-order valence-corrected chi connectivity index (χ2v) is 5.48. The third-order valence-corrected chi connectivity index (χ3v) is 3.87. The molecular formula is C15H12FNOS. The number of hydrogen-bond donors (Lipinski definition) is 1. The topological polar surface area (TPSA) is 33.1 Å². The molecule has 0 aliphatic heterocycles. The second-order valence-electron chi connectivity index (χ2n) is 4.54. The van der Waals surface area contributed by atoms with Gasteiger partial charge in [0.05, 0.1) is 10.2 Å². The third-order valence-electron chi connectivity index (χ3n) is 3.02. The minimum Gasteiger partial charge on any atom is -0.384 e. The van der Waals surface area contributed by atoms with Gasteiger partial charge >= 0.3 is 0 Å². The average Bonchev–Trinajstić information content (AvgIpc) is 2.83. The van der Waals surface area contributed by atoms with E-state index in [0.717, 1.165) is 15.8 Å². The summed E-state index contributed by atoms with van der Waals surface area (Å²) >= 11 is 1.57. The number of pyridine rings is 1. The lowest BCUT2D eigenvalue weighted by Crippen LogP contribution is -2.01. The number of aromatic nitrogens is 1. The van der Waals surface area contributed by atoms with Crippen LogP contribution in [0.5, 0.6) is 0 Å². The van der Waals surface area contributed by atoms with E-state index in [1.165, 1.54) is 12.1 Å². The molecule has 2 aromatic heterocycles. The third kappa shape index (κ3) is 2.37. The van der Waals surface area contributed by atoms with Gasteiger partial charge in [-0.2, -0.15) is 0 Å². The predicted molar refractivity (Wildman–Crippen MR) is 74.8 cm³/mol. The number of thiophene rings is 1. The summed E-state index contributed by atoms with van der Waals surface area (Å²) in [6.07, 6.45) is 0.786. The average molecular weight is 273 g/mol. The number of aryl methyl sites for hydroxylation is 1. The van der Waals surface area contributed by atoms with Crippen LogP contribution in [0.1, 0.15) is 22.8 Å². The van der Waals surface area contributed by atoms with Crippen molar-refractivity contribution in [3.8, 4) is 0 Å². The van der Waals surface area contributed by atoms with Crippen molar-refractivity contribution in [2.45, 2.75) is 13.0 Å². The molecule has 0 amide bonds. The monoisotopic (exact) mass is 273 g/mol. The van der Waals surface area contributed by atoms with Crippen LogP contribution in [0.4, 0.5) is 4.39 Å². The van der Waals surface area contributed by atoms with Crippen molar-refractivity contribution < 1.29 is 9.50 Å². The van der Waals surface area contributed by atoms with Crippen LogP contribution in [0.15, 0.2) is 41.9 Å². The number of aliphatic hydroxyl groups excluding tert-OH is 1. The molecule has 1 atom stereocenters. The van der Waals surface area contributed by atoms with Gasteiger partial charge in [0.15, 0.2) is 0 Å². The number of benzene rings is 1. The zero-order valence-corrected chi connectivity index (χ0v) is 11.1. The van der Waals surface area contributed by atoms with Crippen molar-refractivity contribution in [3.63, 3.8) is 0 Å². The molecule has 96 valence electrons. The number of rotatable bonds is 2. The Morgan fingerprint density at radius 3 is 2.84 bits per heavy atom. The second kappa shape index (κ2) is 4.72. The van der Waals surface area contributed by atoms with E-state index in [-0.39, 0.29) is 5.82 Å². The van der Waals surface area contributed by atoms with Crippen molar-refractivity contribution in [2.75, 3.05) is 0 Å². The van der Waals surface area contributed by atoms with Crippen LogP contribution in [-0.4, -0.2) is 10.1 Å². The van der Waals surface area contributed by atoms with Crippen molar-refractivity contribution in [1.29, 1.82) is 0 Å². The first kappa shape index (κ1) is 12.3. The largest absolute Gasteiger partial charge is 0.384 e. The van der Waals surface area contributed by atoms with Gasteiger partial charge in [0.1, 0.15) is 11.9 Å². The smallest absolute Gasteiger partial charge is 0.123 e. The van der Waals surface area contributed by atoms with E-state index in [0.29, 0.717) is 11.1 Å². The van der Waals surface area contributed by atoms with E-state index in [4.69, 9.17) is 0 Å². The SMILES string of the molecule is Cc1cc(F)cc(C(O)c2cnc3ccsc3c2)c1. The first-order valence-corrected chi connectivity index (χ1v) is 6.80. The summed E-state index contributed by atoms with van der Waals surface area (Å²) < 4.78 is 14.4. The Morgan fingerprint density at radius 2 is 2.05 bits per heavy atom. The summed E-state index contributed by atoms with van der Waals surface area (Å²) in [7, 11) is 0. The number of fused-ring (bicyclic) bond motifs is 1. The van der Waals surface area contributed by atoms with Crippen molar-refractivity contribution in [2.24, 2.45) is 0 Å². The van der Waals surface area contributed by atoms with Gasteiger partial charge in [-0.1, -0.05) is 6.07 Å². The molecule has 0 fully saturated rings. The van der Waals surface area contributed by atoms with E-state index < -0.39 is 6.10 Å². The molecule has 3 aromatic rings. The van der Waals surface area contributed by atoms with Crippen molar-refractivity contribution >= 4 is 21.6 Å². The summed E-state index contributed by atoms with van der Waals surface area (Å²) in [6, 6.07) is 8.42. The first-order chi connectivity index (χ1) is 9.13. The van der Waals surface area contributed by atoms with E-state index in [1.807, 2.05) is 17.5 Å². The van der Waals surface area contributed by atoms with E-state index >= 15 is 0 Å². The fourth-order valence-electron chi connectivity index (χ4n) is 2.13. The molecule has 0 saturated heterocycles. The van der Waals surface area contributed by atoms with Crippen LogP contribution in [0.3, 0.4) is 0 Å². The summed E-state index contributed by atoms with van der Waals surface area (Å²) in [5, 5.41) is 12.3. The molecule has 1 unspecified atom stereocenters. The van der Waals surface area contributed by atoms with E-state index in [1.54, 1.807) is 30.5 Å². The van der Waals surface area contributed by atoms with Crippen molar-refractivity contribution in [3.05, 3.63) is 64.4 Å². The normalized spacial score (nSPS) is 12.8. The van der Waals surface area contributed by atoms with Gasteiger partial charge in [-0.15, -0.1) is 11.3 Å². The van der Waals surface area contributed by atoms with Gasteiger partial charge < -0.3 is 5.11 Å². The Hall–Kier alpha value is -1.78. The summed E-state index contributed by atoms with van der Waals surface area (Å²) in [4.78, 5) is 4.29. The lowest BCUT2D eigenvalue weighted by molar-refractivity contribution is 0.219. The predicted octanol–water partition coefficient (Wildman–Crippen LogP) is 3.83. The van der Waals surface area contributed by atoms with Gasteiger partial charge in [0.25, 0.3) is 0 Å². The zero-order valence-electron chi connectivity index (χ0n) is 10.3. The molecular weight excluding hydrogens is 261 g/mol. The van der Waals surface area contributed by atoms with Crippen LogP contribution in [0, 0.1) is 12.7 Å². The highest BCUT2D eigenvalue weighted by molar-refractivity contribution is 7.17. The minimum atomic E-state index is -0.853. The molecule has 19 heavy (non-hydrogen) atoms. The molecule has 3 rings (SSSR count). The maximum atomic E-state index is 13.4. The standard InChI is InChI=1S/C15H12FNOS/c1-9-4-10(6-12(16)5-9)15(18)11-7-14-13(17-8-11)2-3-19-14/h2-8,15,18H,1H3. The van der Waals surface area contributed by atoms with Crippen molar-refractivity contribution in [1.82, 2.24) is 4.98 Å². The highest BCUT2D eigenvalue weighted by Crippen LogP contribution is 2.27. The van der Waals surface area contributed by atoms with E-state index in [2.05, 4.69) is 4.98 Å². The molecule has 0 aliphatic rings. The van der Waals surface area contributed by atoms with Gasteiger partial charge in [0, 0.05) is 11.8 Å². The summed E-state index contributed by atoms with van der Waals surface area (Å²) in [5.41, 5.74) is 2.94. The molecule has 2 nitrogen and oxygen atoms in total. The molecule has 0 saturated carbocycles. The summed E-state index contributed by atoms with van der Waals surface area (Å²) in [6.45, 7) is 1.81. The highest BCUT2D eigenvalue weighted by Gasteiger charge is 2.13. The number of hydrogen-bond acceptors (Lipinski definition) is 3. The molecule has 1 aromatic carbocycles. The first-order valence-electron chi connectivity index (χ1n) is 5.92. The lowest BCUT2D eigenvalue weighted by Gasteiger charge is -2.12. The number of aliphatic hydroxyl groups is 1. The molecule has 0 radical (unpaired) electrons. The van der Waals surface area contributed by atoms with Gasteiger partial charge in [0.2, 0.25) is 0 Å². The van der Waals surface area contributed by atoms with Gasteiger partial charge in [-0.05, 0) is 47.7 Å². The zero-order chi connectivity index (χ0) is 13.4.